The van der Waals surface area contributed by atoms with Crippen molar-refractivity contribution in [3.05, 3.63) is 17.7 Å². The molecule has 15 heavy (non-hydrogen) atoms. The van der Waals surface area contributed by atoms with Gasteiger partial charge in [0, 0.05) is 23.4 Å². The van der Waals surface area contributed by atoms with Gasteiger partial charge in [-0.2, -0.15) is 11.8 Å². The quantitative estimate of drug-likeness (QED) is 0.774. The van der Waals surface area contributed by atoms with Crippen LogP contribution in [0.15, 0.2) is 12.1 Å². The van der Waals surface area contributed by atoms with Gasteiger partial charge in [0.15, 0.2) is 0 Å². The molecule has 0 aliphatic rings. The molecule has 0 atom stereocenters. The zero-order valence-corrected chi connectivity index (χ0v) is 10.3. The Bertz CT molecular complexity index is 301. The lowest BCUT2D eigenvalue weighted by Gasteiger charge is -2.14. The molecule has 0 spiro atoms. The lowest BCUT2D eigenvalue weighted by atomic mass is 10.2. The Morgan fingerprint density at radius 3 is 1.87 bits per heavy atom. The first-order chi connectivity index (χ1) is 7.26. The Balaban J connectivity index is 3.19. The third-order valence-corrected chi connectivity index (χ3v) is 2.68. The second-order valence-corrected chi connectivity index (χ2v) is 3.81. The van der Waals surface area contributed by atoms with Gasteiger partial charge in [0.1, 0.15) is 17.2 Å². The first-order valence-electron chi connectivity index (χ1n) is 4.54. The maximum Gasteiger partial charge on any atom is 0.130 e. The molecule has 0 saturated heterocycles. The van der Waals surface area contributed by atoms with Gasteiger partial charge in [0.2, 0.25) is 0 Å². The molecule has 0 heterocycles. The third-order valence-electron chi connectivity index (χ3n) is 2.11. The zero-order chi connectivity index (χ0) is 11.3. The number of methoxy groups -OCH3 is 3. The summed E-state index contributed by atoms with van der Waals surface area (Å²) in [6.45, 7) is 0. The summed E-state index contributed by atoms with van der Waals surface area (Å²) in [5, 5.41) is 0. The van der Waals surface area contributed by atoms with E-state index >= 15 is 0 Å². The number of benzene rings is 1. The highest BCUT2D eigenvalue weighted by atomic mass is 32.2. The van der Waals surface area contributed by atoms with E-state index in [1.165, 1.54) is 0 Å². The van der Waals surface area contributed by atoms with Crippen molar-refractivity contribution < 1.29 is 14.2 Å². The molecule has 0 bridgehead atoms. The van der Waals surface area contributed by atoms with E-state index in [0.29, 0.717) is 0 Å². The molecular weight excluding hydrogens is 212 g/mol. The van der Waals surface area contributed by atoms with E-state index < -0.39 is 0 Å². The van der Waals surface area contributed by atoms with Crippen molar-refractivity contribution in [3.8, 4) is 17.2 Å². The van der Waals surface area contributed by atoms with Gasteiger partial charge in [0.25, 0.3) is 0 Å². The van der Waals surface area contributed by atoms with E-state index in [4.69, 9.17) is 14.2 Å². The first-order valence-corrected chi connectivity index (χ1v) is 5.94. The third kappa shape index (κ3) is 2.72. The molecule has 1 aromatic rings. The highest BCUT2D eigenvalue weighted by molar-refractivity contribution is 7.97. The van der Waals surface area contributed by atoms with E-state index in [0.717, 1.165) is 28.6 Å². The van der Waals surface area contributed by atoms with Gasteiger partial charge in [-0.05, 0) is 6.26 Å². The van der Waals surface area contributed by atoms with Gasteiger partial charge >= 0.3 is 0 Å². The van der Waals surface area contributed by atoms with Crippen LogP contribution in [0.3, 0.4) is 0 Å². The number of hydrogen-bond donors (Lipinski definition) is 0. The first kappa shape index (κ1) is 12.0. The van der Waals surface area contributed by atoms with Crippen LogP contribution in [0.25, 0.3) is 0 Å². The minimum atomic E-state index is 0.744. The Morgan fingerprint density at radius 2 is 1.53 bits per heavy atom. The van der Waals surface area contributed by atoms with Crippen LogP contribution in [0.2, 0.25) is 0 Å². The Labute approximate surface area is 94.7 Å². The van der Waals surface area contributed by atoms with Crippen LogP contribution in [0.5, 0.6) is 17.2 Å². The Hall–Kier alpha value is -1.03. The zero-order valence-electron chi connectivity index (χ0n) is 9.49. The Kier molecular flexibility index (Phi) is 4.62. The molecule has 0 N–H and O–H groups in total. The van der Waals surface area contributed by atoms with Crippen molar-refractivity contribution in [2.75, 3.05) is 27.6 Å². The van der Waals surface area contributed by atoms with Gasteiger partial charge in [-0.25, -0.2) is 0 Å². The summed E-state index contributed by atoms with van der Waals surface area (Å²) in [4.78, 5) is 0. The predicted octanol–water partition coefficient (Wildman–Crippen LogP) is 2.58. The molecule has 1 rings (SSSR count). The smallest absolute Gasteiger partial charge is 0.130 e. The fourth-order valence-electron chi connectivity index (χ4n) is 1.36. The summed E-state index contributed by atoms with van der Waals surface area (Å²) in [6.07, 6.45) is 2.04. The van der Waals surface area contributed by atoms with Gasteiger partial charge < -0.3 is 14.2 Å². The molecule has 0 aliphatic heterocycles. The van der Waals surface area contributed by atoms with E-state index in [1.54, 1.807) is 33.1 Å². The number of hydrogen-bond acceptors (Lipinski definition) is 4. The van der Waals surface area contributed by atoms with Crippen molar-refractivity contribution in [2.24, 2.45) is 0 Å². The van der Waals surface area contributed by atoms with Gasteiger partial charge in [-0.1, -0.05) is 0 Å². The second kappa shape index (κ2) is 5.75. The molecule has 84 valence electrons. The molecule has 0 radical (unpaired) electrons. The summed E-state index contributed by atoms with van der Waals surface area (Å²) >= 11 is 1.73. The van der Waals surface area contributed by atoms with Crippen molar-refractivity contribution >= 4 is 11.8 Å². The molecular formula is C11H16O3S. The Morgan fingerprint density at radius 1 is 1.00 bits per heavy atom. The van der Waals surface area contributed by atoms with Gasteiger partial charge in [-0.15, -0.1) is 0 Å². The second-order valence-electron chi connectivity index (χ2n) is 2.94. The van der Waals surface area contributed by atoms with Gasteiger partial charge in [-0.3, -0.25) is 0 Å². The molecule has 0 aromatic heterocycles. The van der Waals surface area contributed by atoms with Crippen LogP contribution >= 0.6 is 11.8 Å². The standard InChI is InChI=1S/C11H16O3S/c1-12-8-5-10(13-2)9(7-15-4)11(6-8)14-3/h5-6H,7H2,1-4H3. The lowest BCUT2D eigenvalue weighted by molar-refractivity contribution is 0.371. The molecule has 0 amide bonds. The number of rotatable bonds is 5. The van der Waals surface area contributed by atoms with Crippen LogP contribution < -0.4 is 14.2 Å². The molecule has 4 heteroatoms. The maximum absolute atomic E-state index is 5.31. The largest absolute Gasteiger partial charge is 0.496 e. The normalized spacial score (nSPS) is 9.87. The summed E-state index contributed by atoms with van der Waals surface area (Å²) in [5.41, 5.74) is 1.06. The average Bonchev–Trinajstić information content (AvgIpc) is 2.29. The van der Waals surface area contributed by atoms with Crippen LogP contribution in [-0.4, -0.2) is 27.6 Å². The molecule has 0 saturated carbocycles. The molecule has 0 aliphatic carbocycles. The summed E-state index contributed by atoms with van der Waals surface area (Å²) in [5.74, 6) is 3.21. The van der Waals surface area contributed by atoms with Crippen molar-refractivity contribution in [1.29, 1.82) is 0 Å². The molecule has 3 nitrogen and oxygen atoms in total. The highest BCUT2D eigenvalue weighted by Gasteiger charge is 2.12. The molecule has 0 fully saturated rings. The van der Waals surface area contributed by atoms with Crippen molar-refractivity contribution in [2.45, 2.75) is 5.75 Å². The molecule has 0 unspecified atom stereocenters. The van der Waals surface area contributed by atoms with Crippen LogP contribution in [0, 0.1) is 0 Å². The average molecular weight is 228 g/mol. The van der Waals surface area contributed by atoms with Crippen LogP contribution in [-0.2, 0) is 5.75 Å². The van der Waals surface area contributed by atoms with E-state index in [-0.39, 0.29) is 0 Å². The fraction of sp³-hybridized carbons (Fsp3) is 0.455. The topological polar surface area (TPSA) is 27.7 Å². The minimum absolute atomic E-state index is 0.744. The van der Waals surface area contributed by atoms with E-state index in [1.807, 2.05) is 18.4 Å². The minimum Gasteiger partial charge on any atom is -0.496 e. The van der Waals surface area contributed by atoms with Crippen LogP contribution in [0.4, 0.5) is 0 Å². The number of thioether (sulfide) groups is 1. The summed E-state index contributed by atoms with van der Waals surface area (Å²) in [7, 11) is 4.93. The monoisotopic (exact) mass is 228 g/mol. The fourth-order valence-corrected chi connectivity index (χ4v) is 1.94. The number of ether oxygens (including phenoxy) is 3. The lowest BCUT2D eigenvalue weighted by Crippen LogP contribution is -1.97. The summed E-state index contributed by atoms with van der Waals surface area (Å²) in [6, 6.07) is 3.74. The van der Waals surface area contributed by atoms with Crippen molar-refractivity contribution in [1.82, 2.24) is 0 Å². The molecule has 1 aromatic carbocycles. The maximum atomic E-state index is 5.31. The van der Waals surface area contributed by atoms with E-state index in [9.17, 15) is 0 Å². The highest BCUT2D eigenvalue weighted by Crippen LogP contribution is 2.35. The van der Waals surface area contributed by atoms with E-state index in [2.05, 4.69) is 0 Å². The summed E-state index contributed by atoms with van der Waals surface area (Å²) < 4.78 is 15.8. The SMILES string of the molecule is COc1cc(OC)c(CSC)c(OC)c1. The van der Waals surface area contributed by atoms with Gasteiger partial charge in [0.05, 0.1) is 21.3 Å². The van der Waals surface area contributed by atoms with Crippen molar-refractivity contribution in [3.63, 3.8) is 0 Å². The predicted molar refractivity (Wildman–Crippen MR) is 63.3 cm³/mol. The van der Waals surface area contributed by atoms with Crippen LogP contribution in [0.1, 0.15) is 5.56 Å².